The molecule has 1 N–H and O–H groups in total. The number of halogens is 1. The normalized spacial score (nSPS) is 11.7. The van der Waals surface area contributed by atoms with E-state index >= 15 is 0 Å². The van der Waals surface area contributed by atoms with Gasteiger partial charge in [-0.3, -0.25) is 4.79 Å². The molecule has 1 amide bonds. The lowest BCUT2D eigenvalue weighted by atomic mass is 10.1. The van der Waals surface area contributed by atoms with Crippen LogP contribution in [0, 0.1) is 13.8 Å². The van der Waals surface area contributed by atoms with Crippen molar-refractivity contribution in [1.82, 2.24) is 0 Å². The average Bonchev–Trinajstić information content (AvgIpc) is 2.51. The summed E-state index contributed by atoms with van der Waals surface area (Å²) in [6.45, 7) is 5.42. The quantitative estimate of drug-likeness (QED) is 0.857. The molecule has 0 radical (unpaired) electrons. The number of hydrogen-bond acceptors (Lipinski definition) is 3. The Hall–Kier alpha value is -2.33. The van der Waals surface area contributed by atoms with Crippen LogP contribution in [0.2, 0.25) is 5.02 Å². The van der Waals surface area contributed by atoms with Gasteiger partial charge in [0, 0.05) is 10.7 Å². The summed E-state index contributed by atoms with van der Waals surface area (Å²) in [5.41, 5.74) is 3.07. The molecular weight excluding hydrogens is 314 g/mol. The fraction of sp³-hybridized carbons (Fsp3) is 0.222. The lowest BCUT2D eigenvalue weighted by Crippen LogP contribution is -2.30. The van der Waals surface area contributed by atoms with Gasteiger partial charge in [-0.1, -0.05) is 29.8 Å². The minimum absolute atomic E-state index is 0.309. The smallest absolute Gasteiger partial charge is 0.338 e. The van der Waals surface area contributed by atoms with Crippen molar-refractivity contribution in [3.63, 3.8) is 0 Å². The molecule has 2 rings (SSSR count). The van der Waals surface area contributed by atoms with E-state index in [4.69, 9.17) is 16.3 Å². The van der Waals surface area contributed by atoms with Gasteiger partial charge in [0.15, 0.2) is 6.10 Å². The molecule has 0 saturated heterocycles. The van der Waals surface area contributed by atoms with E-state index in [2.05, 4.69) is 5.32 Å². The van der Waals surface area contributed by atoms with Crippen LogP contribution in [0.5, 0.6) is 0 Å². The molecule has 0 aliphatic carbocycles. The van der Waals surface area contributed by atoms with Crippen LogP contribution < -0.4 is 5.32 Å². The van der Waals surface area contributed by atoms with Crippen LogP contribution >= 0.6 is 11.6 Å². The summed E-state index contributed by atoms with van der Waals surface area (Å²) in [6, 6.07) is 12.0. The van der Waals surface area contributed by atoms with Crippen molar-refractivity contribution in [2.75, 3.05) is 5.32 Å². The van der Waals surface area contributed by atoms with Crippen molar-refractivity contribution in [3.05, 3.63) is 64.2 Å². The third-order valence-corrected chi connectivity index (χ3v) is 3.81. The molecule has 23 heavy (non-hydrogen) atoms. The van der Waals surface area contributed by atoms with Gasteiger partial charge in [0.1, 0.15) is 0 Å². The number of esters is 1. The first-order valence-corrected chi connectivity index (χ1v) is 7.60. The maximum atomic E-state index is 12.2. The van der Waals surface area contributed by atoms with Crippen molar-refractivity contribution >= 4 is 29.2 Å². The topological polar surface area (TPSA) is 55.4 Å². The number of anilines is 1. The van der Waals surface area contributed by atoms with E-state index in [-0.39, 0.29) is 5.91 Å². The number of aryl methyl sites for hydroxylation is 1. The molecule has 120 valence electrons. The zero-order valence-corrected chi connectivity index (χ0v) is 14.0. The second-order valence-electron chi connectivity index (χ2n) is 5.29. The molecule has 2 aromatic rings. The minimum Gasteiger partial charge on any atom is -0.449 e. The lowest BCUT2D eigenvalue weighted by Gasteiger charge is -2.15. The highest BCUT2D eigenvalue weighted by Crippen LogP contribution is 2.18. The van der Waals surface area contributed by atoms with E-state index in [9.17, 15) is 9.59 Å². The Morgan fingerprint density at radius 3 is 2.52 bits per heavy atom. The number of amides is 1. The Morgan fingerprint density at radius 2 is 1.83 bits per heavy atom. The van der Waals surface area contributed by atoms with E-state index in [1.807, 2.05) is 32.0 Å². The van der Waals surface area contributed by atoms with E-state index < -0.39 is 12.1 Å². The number of rotatable bonds is 4. The summed E-state index contributed by atoms with van der Waals surface area (Å²) in [5.74, 6) is -0.967. The zero-order chi connectivity index (χ0) is 17.0. The SMILES string of the molecule is Cc1cccc(NC(=O)[C@H](C)OC(=O)c2cccc(Cl)c2)c1C. The van der Waals surface area contributed by atoms with Gasteiger partial charge in [-0.2, -0.15) is 0 Å². The Bertz CT molecular complexity index is 743. The third kappa shape index (κ3) is 4.33. The molecule has 0 aliphatic rings. The second-order valence-corrected chi connectivity index (χ2v) is 5.73. The molecular formula is C18H18ClNO3. The first-order chi connectivity index (χ1) is 10.9. The molecule has 0 spiro atoms. The molecule has 0 unspecified atom stereocenters. The highest BCUT2D eigenvalue weighted by Gasteiger charge is 2.19. The van der Waals surface area contributed by atoms with E-state index in [1.165, 1.54) is 13.0 Å². The van der Waals surface area contributed by atoms with Crippen LogP contribution in [0.25, 0.3) is 0 Å². The number of benzene rings is 2. The summed E-state index contributed by atoms with van der Waals surface area (Å²) in [4.78, 5) is 24.2. The van der Waals surface area contributed by atoms with Gasteiger partial charge >= 0.3 is 5.97 Å². The highest BCUT2D eigenvalue weighted by atomic mass is 35.5. The standard InChI is InChI=1S/C18H18ClNO3/c1-11-6-4-9-16(12(11)2)20-17(21)13(3)23-18(22)14-7-5-8-15(19)10-14/h4-10,13H,1-3H3,(H,20,21)/t13-/m0/s1. The molecule has 0 bridgehead atoms. The van der Waals surface area contributed by atoms with Crippen LogP contribution in [0.1, 0.15) is 28.4 Å². The molecule has 0 heterocycles. The second kappa shape index (κ2) is 7.29. The molecule has 2 aromatic carbocycles. The fourth-order valence-corrected chi connectivity index (χ4v) is 2.21. The van der Waals surface area contributed by atoms with Gasteiger partial charge in [0.05, 0.1) is 5.56 Å². The van der Waals surface area contributed by atoms with Crippen LogP contribution in [0.4, 0.5) is 5.69 Å². The maximum Gasteiger partial charge on any atom is 0.338 e. The monoisotopic (exact) mass is 331 g/mol. The van der Waals surface area contributed by atoms with Crippen molar-refractivity contribution in [2.24, 2.45) is 0 Å². The van der Waals surface area contributed by atoms with E-state index in [1.54, 1.807) is 18.2 Å². The first kappa shape index (κ1) is 17.0. The minimum atomic E-state index is -0.915. The summed E-state index contributed by atoms with van der Waals surface area (Å²) in [5, 5.41) is 3.21. The van der Waals surface area contributed by atoms with Gasteiger partial charge in [-0.25, -0.2) is 4.79 Å². The third-order valence-electron chi connectivity index (χ3n) is 3.58. The summed E-state index contributed by atoms with van der Waals surface area (Å²) in [6.07, 6.45) is -0.915. The molecule has 4 nitrogen and oxygen atoms in total. The number of nitrogens with one attached hydrogen (secondary N) is 1. The van der Waals surface area contributed by atoms with E-state index in [0.717, 1.165) is 11.1 Å². The maximum absolute atomic E-state index is 12.2. The van der Waals surface area contributed by atoms with Gasteiger partial charge in [0.2, 0.25) is 0 Å². The van der Waals surface area contributed by atoms with Crippen LogP contribution in [-0.2, 0) is 9.53 Å². The summed E-state index contributed by atoms with van der Waals surface area (Å²) in [7, 11) is 0. The van der Waals surface area contributed by atoms with Crippen molar-refractivity contribution in [3.8, 4) is 0 Å². The van der Waals surface area contributed by atoms with Gasteiger partial charge < -0.3 is 10.1 Å². The van der Waals surface area contributed by atoms with Crippen LogP contribution in [0.3, 0.4) is 0 Å². The predicted molar refractivity (Wildman–Crippen MR) is 90.9 cm³/mol. The molecule has 1 atom stereocenters. The number of carbonyl (C=O) groups is 2. The zero-order valence-electron chi connectivity index (χ0n) is 13.2. The van der Waals surface area contributed by atoms with Crippen molar-refractivity contribution in [2.45, 2.75) is 26.9 Å². The predicted octanol–water partition coefficient (Wildman–Crippen LogP) is 4.14. The number of carbonyl (C=O) groups excluding carboxylic acids is 2. The average molecular weight is 332 g/mol. The van der Waals surface area contributed by atoms with Gasteiger partial charge in [-0.05, 0) is 56.2 Å². The lowest BCUT2D eigenvalue weighted by molar-refractivity contribution is -0.123. The largest absolute Gasteiger partial charge is 0.449 e. The number of hydrogen-bond donors (Lipinski definition) is 1. The van der Waals surface area contributed by atoms with Crippen molar-refractivity contribution in [1.29, 1.82) is 0 Å². The van der Waals surface area contributed by atoms with Gasteiger partial charge in [0.25, 0.3) is 5.91 Å². The Labute approximate surface area is 140 Å². The Kier molecular flexibility index (Phi) is 5.40. The molecule has 0 fully saturated rings. The fourth-order valence-electron chi connectivity index (χ4n) is 2.02. The Balaban J connectivity index is 2.02. The molecule has 0 aliphatic heterocycles. The molecule has 0 saturated carbocycles. The van der Waals surface area contributed by atoms with Gasteiger partial charge in [-0.15, -0.1) is 0 Å². The number of ether oxygens (including phenoxy) is 1. The summed E-state index contributed by atoms with van der Waals surface area (Å²) < 4.78 is 5.19. The van der Waals surface area contributed by atoms with Crippen LogP contribution in [0.15, 0.2) is 42.5 Å². The summed E-state index contributed by atoms with van der Waals surface area (Å²) >= 11 is 5.84. The van der Waals surface area contributed by atoms with E-state index in [0.29, 0.717) is 16.3 Å². The first-order valence-electron chi connectivity index (χ1n) is 7.22. The van der Waals surface area contributed by atoms with Crippen LogP contribution in [-0.4, -0.2) is 18.0 Å². The molecule has 5 heteroatoms. The van der Waals surface area contributed by atoms with Crippen molar-refractivity contribution < 1.29 is 14.3 Å². The molecule has 0 aromatic heterocycles. The Morgan fingerprint density at radius 1 is 1.13 bits per heavy atom. The highest BCUT2D eigenvalue weighted by molar-refractivity contribution is 6.30.